The zero-order valence-corrected chi connectivity index (χ0v) is 12.7. The summed E-state index contributed by atoms with van der Waals surface area (Å²) in [5, 5.41) is 2.93. The summed E-state index contributed by atoms with van der Waals surface area (Å²) >= 11 is 0. The molecule has 2 aromatic carbocycles. The highest BCUT2D eigenvalue weighted by molar-refractivity contribution is 5.92. The van der Waals surface area contributed by atoms with Gasteiger partial charge >= 0.3 is 0 Å². The molecule has 0 fully saturated rings. The van der Waals surface area contributed by atoms with Crippen molar-refractivity contribution in [2.45, 2.75) is 33.6 Å². The predicted octanol–water partition coefficient (Wildman–Crippen LogP) is 4.32. The second kappa shape index (κ2) is 6.53. The van der Waals surface area contributed by atoms with E-state index in [2.05, 4.69) is 5.32 Å². The molecule has 2 nitrogen and oxygen atoms in total. The van der Waals surface area contributed by atoms with Crippen molar-refractivity contribution in [1.29, 1.82) is 0 Å². The Bertz CT molecular complexity index is 641. The van der Waals surface area contributed by atoms with Crippen LogP contribution in [-0.4, -0.2) is 5.91 Å². The van der Waals surface area contributed by atoms with Crippen LogP contribution in [0.25, 0.3) is 0 Å². The fraction of sp³-hybridized carbons (Fsp3) is 0.278. The molecule has 1 N–H and O–H groups in total. The molecule has 0 radical (unpaired) electrons. The van der Waals surface area contributed by atoms with E-state index >= 15 is 0 Å². The number of nitrogens with one attached hydrogen (secondary N) is 1. The Balaban J connectivity index is 2.01. The Morgan fingerprint density at radius 3 is 2.33 bits per heavy atom. The first-order valence-corrected chi connectivity index (χ1v) is 7.08. The molecular weight excluding hydrogens is 265 g/mol. The van der Waals surface area contributed by atoms with Gasteiger partial charge in [0.2, 0.25) is 5.91 Å². The van der Waals surface area contributed by atoms with E-state index in [1.165, 1.54) is 11.6 Å². The van der Waals surface area contributed by atoms with Crippen molar-refractivity contribution in [3.8, 4) is 0 Å². The summed E-state index contributed by atoms with van der Waals surface area (Å²) in [5.41, 5.74) is 4.71. The maximum atomic E-state index is 13.5. The van der Waals surface area contributed by atoms with E-state index in [4.69, 9.17) is 0 Å². The number of halogens is 1. The van der Waals surface area contributed by atoms with Gasteiger partial charge in [0.25, 0.3) is 0 Å². The van der Waals surface area contributed by atoms with Gasteiger partial charge in [0, 0.05) is 12.1 Å². The number of benzene rings is 2. The van der Waals surface area contributed by atoms with E-state index in [0.29, 0.717) is 12.0 Å². The van der Waals surface area contributed by atoms with Crippen LogP contribution >= 0.6 is 0 Å². The number of rotatable bonds is 4. The summed E-state index contributed by atoms with van der Waals surface area (Å²) in [6.07, 6.45) is 0.677. The molecule has 0 saturated heterocycles. The molecule has 2 rings (SSSR count). The van der Waals surface area contributed by atoms with Crippen molar-refractivity contribution in [2.75, 3.05) is 5.32 Å². The van der Waals surface area contributed by atoms with Crippen LogP contribution in [0.4, 0.5) is 10.1 Å². The first-order valence-electron chi connectivity index (χ1n) is 7.08. The number of anilines is 1. The summed E-state index contributed by atoms with van der Waals surface area (Å²) in [5.74, 6) is -0.346. The summed E-state index contributed by atoms with van der Waals surface area (Å²) in [6, 6.07) is 10.6. The molecule has 0 aromatic heterocycles. The van der Waals surface area contributed by atoms with Gasteiger partial charge in [0.1, 0.15) is 5.82 Å². The Kier molecular flexibility index (Phi) is 4.73. The normalized spacial score (nSPS) is 10.5. The lowest BCUT2D eigenvalue weighted by Crippen LogP contribution is -2.14. The largest absolute Gasteiger partial charge is 0.326 e. The molecule has 0 heterocycles. The highest BCUT2D eigenvalue weighted by Gasteiger charge is 2.09. The van der Waals surface area contributed by atoms with Crippen LogP contribution in [0.2, 0.25) is 0 Å². The molecule has 2 aromatic rings. The number of hydrogen-bond acceptors (Lipinski definition) is 1. The molecule has 3 heteroatoms. The molecule has 21 heavy (non-hydrogen) atoms. The molecule has 0 unspecified atom stereocenters. The smallest absolute Gasteiger partial charge is 0.224 e. The van der Waals surface area contributed by atoms with Gasteiger partial charge in [-0.3, -0.25) is 4.79 Å². The van der Waals surface area contributed by atoms with Crippen LogP contribution < -0.4 is 5.32 Å². The Hall–Kier alpha value is -2.16. The van der Waals surface area contributed by atoms with E-state index in [9.17, 15) is 9.18 Å². The fourth-order valence-corrected chi connectivity index (χ4v) is 2.53. The van der Waals surface area contributed by atoms with Crippen LogP contribution in [0, 0.1) is 26.6 Å². The lowest BCUT2D eigenvalue weighted by Gasteiger charge is -2.13. The average molecular weight is 285 g/mol. The molecule has 0 atom stereocenters. The maximum Gasteiger partial charge on any atom is 0.224 e. The summed E-state index contributed by atoms with van der Waals surface area (Å²) in [4.78, 5) is 12.1. The molecule has 0 aliphatic heterocycles. The highest BCUT2D eigenvalue weighted by atomic mass is 19.1. The van der Waals surface area contributed by atoms with Crippen LogP contribution in [0.1, 0.15) is 28.7 Å². The third-order valence-corrected chi connectivity index (χ3v) is 3.52. The van der Waals surface area contributed by atoms with Crippen LogP contribution in [-0.2, 0) is 11.2 Å². The van der Waals surface area contributed by atoms with Gasteiger partial charge in [-0.05, 0) is 49.9 Å². The summed E-state index contributed by atoms with van der Waals surface area (Å²) < 4.78 is 13.5. The van der Waals surface area contributed by atoms with Crippen molar-refractivity contribution in [2.24, 2.45) is 0 Å². The van der Waals surface area contributed by atoms with E-state index in [1.807, 2.05) is 32.9 Å². The van der Waals surface area contributed by atoms with Gasteiger partial charge in [-0.15, -0.1) is 0 Å². The summed E-state index contributed by atoms with van der Waals surface area (Å²) in [6.45, 7) is 5.99. The molecule has 0 bridgehead atoms. The van der Waals surface area contributed by atoms with Gasteiger partial charge in [-0.1, -0.05) is 35.9 Å². The standard InChI is InChI=1S/C18H20FNO/c1-12-10-13(2)18(14(3)11-12)20-17(21)9-8-15-6-4-5-7-16(15)19/h4-7,10-11H,8-9H2,1-3H3,(H,20,21). The zero-order chi connectivity index (χ0) is 15.4. The number of hydrogen-bond donors (Lipinski definition) is 1. The quantitative estimate of drug-likeness (QED) is 0.890. The number of amides is 1. The molecule has 0 saturated carbocycles. The molecular formula is C18H20FNO. The minimum absolute atomic E-state index is 0.0895. The number of aryl methyl sites for hydroxylation is 4. The van der Waals surface area contributed by atoms with Crippen LogP contribution in [0.5, 0.6) is 0 Å². The van der Waals surface area contributed by atoms with Crippen LogP contribution in [0.15, 0.2) is 36.4 Å². The molecule has 1 amide bonds. The molecule has 0 spiro atoms. The zero-order valence-electron chi connectivity index (χ0n) is 12.7. The lowest BCUT2D eigenvalue weighted by atomic mass is 10.0. The fourth-order valence-electron chi connectivity index (χ4n) is 2.53. The van der Waals surface area contributed by atoms with E-state index in [-0.39, 0.29) is 18.1 Å². The van der Waals surface area contributed by atoms with Gasteiger partial charge in [-0.2, -0.15) is 0 Å². The van der Waals surface area contributed by atoms with E-state index < -0.39 is 0 Å². The predicted molar refractivity (Wildman–Crippen MR) is 84.0 cm³/mol. The monoisotopic (exact) mass is 285 g/mol. The highest BCUT2D eigenvalue weighted by Crippen LogP contribution is 2.22. The van der Waals surface area contributed by atoms with Gasteiger partial charge in [-0.25, -0.2) is 4.39 Å². The molecule has 0 aliphatic carbocycles. The van der Waals surface area contributed by atoms with Crippen molar-refractivity contribution in [3.05, 3.63) is 64.5 Å². The SMILES string of the molecule is Cc1cc(C)c(NC(=O)CCc2ccccc2F)c(C)c1. The maximum absolute atomic E-state index is 13.5. The van der Waals surface area contributed by atoms with Gasteiger partial charge < -0.3 is 5.32 Å². The second-order valence-electron chi connectivity index (χ2n) is 5.41. The van der Waals surface area contributed by atoms with Crippen molar-refractivity contribution in [3.63, 3.8) is 0 Å². The minimum Gasteiger partial charge on any atom is -0.326 e. The molecule has 110 valence electrons. The van der Waals surface area contributed by atoms with Crippen molar-refractivity contribution >= 4 is 11.6 Å². The van der Waals surface area contributed by atoms with Crippen LogP contribution in [0.3, 0.4) is 0 Å². The van der Waals surface area contributed by atoms with Crippen molar-refractivity contribution in [1.82, 2.24) is 0 Å². The first-order chi connectivity index (χ1) is 9.97. The van der Waals surface area contributed by atoms with Crippen molar-refractivity contribution < 1.29 is 9.18 Å². The van der Waals surface area contributed by atoms with Gasteiger partial charge in [0.15, 0.2) is 0 Å². The van der Waals surface area contributed by atoms with E-state index in [0.717, 1.165) is 16.8 Å². The topological polar surface area (TPSA) is 29.1 Å². The minimum atomic E-state index is -0.256. The third-order valence-electron chi connectivity index (χ3n) is 3.52. The summed E-state index contributed by atoms with van der Waals surface area (Å²) in [7, 11) is 0. The Morgan fingerprint density at radius 2 is 1.71 bits per heavy atom. The third kappa shape index (κ3) is 3.91. The number of carbonyl (C=O) groups excluding carboxylic acids is 1. The second-order valence-corrected chi connectivity index (χ2v) is 5.41. The number of carbonyl (C=O) groups is 1. The lowest BCUT2D eigenvalue weighted by molar-refractivity contribution is -0.116. The average Bonchev–Trinajstić information content (AvgIpc) is 2.42. The van der Waals surface area contributed by atoms with E-state index in [1.54, 1.807) is 18.2 Å². The molecule has 0 aliphatic rings. The first kappa shape index (κ1) is 15.2. The Morgan fingerprint density at radius 1 is 1.10 bits per heavy atom. The van der Waals surface area contributed by atoms with Gasteiger partial charge in [0.05, 0.1) is 0 Å². The Labute approximate surface area is 125 Å².